The van der Waals surface area contributed by atoms with Crippen molar-refractivity contribution >= 4 is 5.97 Å². The molecule has 6 heteroatoms. The third-order valence-electron chi connectivity index (χ3n) is 2.56. The molecule has 2 rings (SSSR count). The van der Waals surface area contributed by atoms with Crippen molar-refractivity contribution in [2.75, 3.05) is 14.2 Å². The zero-order valence-electron chi connectivity index (χ0n) is 10.5. The fraction of sp³-hybridized carbons (Fsp3) is 0.231. The quantitative estimate of drug-likeness (QED) is 0.888. The van der Waals surface area contributed by atoms with E-state index in [0.29, 0.717) is 23.0 Å². The van der Waals surface area contributed by atoms with Gasteiger partial charge in [-0.05, 0) is 18.2 Å². The van der Waals surface area contributed by atoms with E-state index in [1.165, 1.54) is 7.11 Å². The molecule has 0 bridgehead atoms. The number of rotatable bonds is 5. The number of nitrogens with zero attached hydrogens (tertiary/aromatic N) is 1. The molecule has 0 saturated heterocycles. The highest BCUT2D eigenvalue weighted by molar-refractivity contribution is 5.70. The average molecular weight is 263 g/mol. The van der Waals surface area contributed by atoms with Crippen molar-refractivity contribution in [1.82, 2.24) is 5.16 Å². The highest BCUT2D eigenvalue weighted by Gasteiger charge is 2.12. The topological polar surface area (TPSA) is 81.8 Å². The van der Waals surface area contributed by atoms with E-state index in [-0.39, 0.29) is 6.42 Å². The SMILES string of the molecule is COc1ccc(-c2cc(CC(=O)O)no2)cc1OC. The normalized spacial score (nSPS) is 10.2. The summed E-state index contributed by atoms with van der Waals surface area (Å²) in [5, 5.41) is 12.4. The molecule has 1 aromatic heterocycles. The van der Waals surface area contributed by atoms with Crippen LogP contribution in [-0.4, -0.2) is 30.5 Å². The number of aliphatic carboxylic acids is 1. The van der Waals surface area contributed by atoms with E-state index >= 15 is 0 Å². The molecule has 1 N–H and O–H groups in total. The van der Waals surface area contributed by atoms with Crippen molar-refractivity contribution < 1.29 is 23.9 Å². The molecule has 19 heavy (non-hydrogen) atoms. The zero-order chi connectivity index (χ0) is 13.8. The first-order chi connectivity index (χ1) is 9.13. The maximum Gasteiger partial charge on any atom is 0.309 e. The number of aromatic nitrogens is 1. The molecule has 1 heterocycles. The Hall–Kier alpha value is -2.50. The van der Waals surface area contributed by atoms with Crippen LogP contribution in [0.4, 0.5) is 0 Å². The Morgan fingerprint density at radius 2 is 2.00 bits per heavy atom. The second-order valence-corrected chi connectivity index (χ2v) is 3.82. The number of carbonyl (C=O) groups is 1. The van der Waals surface area contributed by atoms with Gasteiger partial charge >= 0.3 is 5.97 Å². The van der Waals surface area contributed by atoms with Crippen molar-refractivity contribution in [2.24, 2.45) is 0 Å². The second kappa shape index (κ2) is 5.43. The summed E-state index contributed by atoms with van der Waals surface area (Å²) < 4.78 is 15.4. The molecule has 0 radical (unpaired) electrons. The maximum atomic E-state index is 10.6. The molecule has 0 unspecified atom stereocenters. The van der Waals surface area contributed by atoms with Gasteiger partial charge in [-0.1, -0.05) is 5.16 Å². The standard InChI is InChI=1S/C13H13NO5/c1-17-10-4-3-8(5-12(10)18-2)11-6-9(14-19-11)7-13(15)16/h3-6H,7H2,1-2H3,(H,15,16). The predicted molar refractivity (Wildman–Crippen MR) is 66.4 cm³/mol. The molecule has 0 amide bonds. The van der Waals surface area contributed by atoms with E-state index in [2.05, 4.69) is 5.16 Å². The number of hydrogen-bond donors (Lipinski definition) is 1. The van der Waals surface area contributed by atoms with Gasteiger partial charge in [-0.15, -0.1) is 0 Å². The summed E-state index contributed by atoms with van der Waals surface area (Å²) >= 11 is 0. The van der Waals surface area contributed by atoms with Gasteiger partial charge in [0, 0.05) is 11.6 Å². The number of benzene rings is 1. The van der Waals surface area contributed by atoms with Gasteiger partial charge in [0.2, 0.25) is 0 Å². The monoisotopic (exact) mass is 263 g/mol. The van der Waals surface area contributed by atoms with Crippen LogP contribution in [0.25, 0.3) is 11.3 Å². The average Bonchev–Trinajstić information content (AvgIpc) is 2.85. The van der Waals surface area contributed by atoms with E-state index in [4.69, 9.17) is 19.1 Å². The molecular weight excluding hydrogens is 250 g/mol. The lowest BCUT2D eigenvalue weighted by atomic mass is 10.1. The van der Waals surface area contributed by atoms with E-state index < -0.39 is 5.97 Å². The van der Waals surface area contributed by atoms with Crippen LogP contribution in [0.3, 0.4) is 0 Å². The molecule has 0 aliphatic heterocycles. The van der Waals surface area contributed by atoms with E-state index in [1.807, 2.05) is 0 Å². The molecule has 1 aromatic carbocycles. The second-order valence-electron chi connectivity index (χ2n) is 3.82. The van der Waals surface area contributed by atoms with Crippen LogP contribution >= 0.6 is 0 Å². The third-order valence-corrected chi connectivity index (χ3v) is 2.56. The summed E-state index contributed by atoms with van der Waals surface area (Å²) in [7, 11) is 3.09. The lowest BCUT2D eigenvalue weighted by Gasteiger charge is -2.07. The van der Waals surface area contributed by atoms with Crippen LogP contribution < -0.4 is 9.47 Å². The van der Waals surface area contributed by atoms with Crippen LogP contribution in [0.1, 0.15) is 5.69 Å². The molecule has 100 valence electrons. The van der Waals surface area contributed by atoms with Gasteiger partial charge in [0.25, 0.3) is 0 Å². The van der Waals surface area contributed by atoms with Crippen LogP contribution in [0, 0.1) is 0 Å². The van der Waals surface area contributed by atoms with Gasteiger partial charge in [-0.2, -0.15) is 0 Å². The van der Waals surface area contributed by atoms with E-state index in [9.17, 15) is 4.79 Å². The molecule has 0 aliphatic rings. The summed E-state index contributed by atoms with van der Waals surface area (Å²) in [6.07, 6.45) is -0.170. The van der Waals surface area contributed by atoms with Crippen molar-refractivity contribution in [2.45, 2.75) is 6.42 Å². The number of carboxylic acids is 1. The predicted octanol–water partition coefficient (Wildman–Crippen LogP) is 1.99. The first-order valence-corrected chi connectivity index (χ1v) is 5.54. The summed E-state index contributed by atoms with van der Waals surface area (Å²) in [4.78, 5) is 10.6. The Morgan fingerprint density at radius 3 is 2.63 bits per heavy atom. The number of carboxylic acid groups (broad SMARTS) is 1. The molecule has 0 spiro atoms. The largest absolute Gasteiger partial charge is 0.493 e. The van der Waals surface area contributed by atoms with Gasteiger partial charge in [0.15, 0.2) is 17.3 Å². The Kier molecular flexibility index (Phi) is 3.70. The van der Waals surface area contributed by atoms with E-state index in [1.54, 1.807) is 31.4 Å². The minimum absolute atomic E-state index is 0.170. The minimum atomic E-state index is -0.952. The molecule has 0 fully saturated rings. The fourth-order valence-electron chi connectivity index (χ4n) is 1.68. The summed E-state index contributed by atoms with van der Waals surface area (Å²) in [6.45, 7) is 0. The summed E-state index contributed by atoms with van der Waals surface area (Å²) in [6, 6.07) is 6.86. The lowest BCUT2D eigenvalue weighted by molar-refractivity contribution is -0.136. The zero-order valence-corrected chi connectivity index (χ0v) is 10.5. The fourth-order valence-corrected chi connectivity index (χ4v) is 1.68. The van der Waals surface area contributed by atoms with Crippen LogP contribution in [0.2, 0.25) is 0 Å². The van der Waals surface area contributed by atoms with Gasteiger partial charge < -0.3 is 19.1 Å². The molecule has 2 aromatic rings. The molecule has 0 aliphatic carbocycles. The van der Waals surface area contributed by atoms with Crippen molar-refractivity contribution in [1.29, 1.82) is 0 Å². The molecule has 6 nitrogen and oxygen atoms in total. The lowest BCUT2D eigenvalue weighted by Crippen LogP contribution is -1.99. The Balaban J connectivity index is 2.31. The maximum absolute atomic E-state index is 10.6. The van der Waals surface area contributed by atoms with Crippen molar-refractivity contribution in [3.8, 4) is 22.8 Å². The summed E-state index contributed by atoms with van der Waals surface area (Å²) in [5.41, 5.74) is 1.11. The molecule has 0 atom stereocenters. The highest BCUT2D eigenvalue weighted by atomic mass is 16.5. The van der Waals surface area contributed by atoms with Crippen molar-refractivity contribution in [3.05, 3.63) is 30.0 Å². The highest BCUT2D eigenvalue weighted by Crippen LogP contribution is 2.32. The summed E-state index contributed by atoms with van der Waals surface area (Å²) in [5.74, 6) is 0.706. The van der Waals surface area contributed by atoms with Crippen molar-refractivity contribution in [3.63, 3.8) is 0 Å². The van der Waals surface area contributed by atoms with Gasteiger partial charge in [0.05, 0.1) is 26.3 Å². The van der Waals surface area contributed by atoms with Gasteiger partial charge in [-0.3, -0.25) is 4.79 Å². The number of hydrogen-bond acceptors (Lipinski definition) is 5. The Bertz CT molecular complexity index is 590. The van der Waals surface area contributed by atoms with Crippen LogP contribution in [0.15, 0.2) is 28.8 Å². The smallest absolute Gasteiger partial charge is 0.309 e. The Labute approximate surface area is 109 Å². The molecular formula is C13H13NO5. The van der Waals surface area contributed by atoms with Crippen LogP contribution in [-0.2, 0) is 11.2 Å². The van der Waals surface area contributed by atoms with Gasteiger partial charge in [-0.25, -0.2) is 0 Å². The Morgan fingerprint density at radius 1 is 1.26 bits per heavy atom. The molecule has 0 saturated carbocycles. The minimum Gasteiger partial charge on any atom is -0.493 e. The first-order valence-electron chi connectivity index (χ1n) is 5.54. The first kappa shape index (κ1) is 12.9. The number of ether oxygens (including phenoxy) is 2. The van der Waals surface area contributed by atoms with Gasteiger partial charge in [0.1, 0.15) is 0 Å². The number of methoxy groups -OCH3 is 2. The van der Waals surface area contributed by atoms with E-state index in [0.717, 1.165) is 5.56 Å². The van der Waals surface area contributed by atoms with Crippen LogP contribution in [0.5, 0.6) is 11.5 Å². The third kappa shape index (κ3) is 2.85.